The molecule has 2 rings (SSSR count). The van der Waals surface area contributed by atoms with Crippen LogP contribution < -0.4 is 0 Å². The van der Waals surface area contributed by atoms with Gasteiger partial charge in [0.15, 0.2) is 12.0 Å². The predicted molar refractivity (Wildman–Crippen MR) is 54.9 cm³/mol. The zero-order valence-electron chi connectivity index (χ0n) is 8.73. The third-order valence-corrected chi connectivity index (χ3v) is 2.54. The lowest BCUT2D eigenvalue weighted by molar-refractivity contribution is 0.112. The van der Waals surface area contributed by atoms with Crippen molar-refractivity contribution >= 4 is 6.29 Å². The van der Waals surface area contributed by atoms with Crippen LogP contribution in [0.2, 0.25) is 0 Å². The highest BCUT2D eigenvalue weighted by atomic mass is 16.5. The number of carbonyl (C=O) groups is 1. The molecule has 4 nitrogen and oxygen atoms in total. The van der Waals surface area contributed by atoms with Gasteiger partial charge in [-0.15, -0.1) is 0 Å². The standard InChI is InChI=1S/C11H12N2O2/c1-8-5-10(7-14)9(2)13(8)6-11-3-4-12-15-11/h3-5,7H,6H2,1-2H3. The van der Waals surface area contributed by atoms with Crippen LogP contribution in [0.3, 0.4) is 0 Å². The average Bonchev–Trinajstić information content (AvgIpc) is 2.81. The number of nitrogens with zero attached hydrogens (tertiary/aromatic N) is 2. The van der Waals surface area contributed by atoms with E-state index in [9.17, 15) is 4.79 Å². The summed E-state index contributed by atoms with van der Waals surface area (Å²) >= 11 is 0. The molecule has 0 saturated heterocycles. The lowest BCUT2D eigenvalue weighted by atomic mass is 10.3. The molecule has 0 amide bonds. The van der Waals surface area contributed by atoms with Crippen molar-refractivity contribution in [2.24, 2.45) is 0 Å². The van der Waals surface area contributed by atoms with E-state index in [4.69, 9.17) is 4.52 Å². The third-order valence-electron chi connectivity index (χ3n) is 2.54. The number of aryl methyl sites for hydroxylation is 1. The summed E-state index contributed by atoms with van der Waals surface area (Å²) in [7, 11) is 0. The van der Waals surface area contributed by atoms with E-state index in [1.54, 1.807) is 6.20 Å². The highest BCUT2D eigenvalue weighted by Crippen LogP contribution is 2.15. The number of carbonyl (C=O) groups excluding carboxylic acids is 1. The van der Waals surface area contributed by atoms with Crippen molar-refractivity contribution in [2.75, 3.05) is 0 Å². The Bertz CT molecular complexity index is 469. The van der Waals surface area contributed by atoms with Crippen molar-refractivity contribution in [3.8, 4) is 0 Å². The molecule has 0 aliphatic rings. The van der Waals surface area contributed by atoms with E-state index in [1.807, 2.05) is 30.5 Å². The van der Waals surface area contributed by atoms with Gasteiger partial charge in [0.1, 0.15) is 0 Å². The summed E-state index contributed by atoms with van der Waals surface area (Å²) in [5.74, 6) is 0.786. The molecule has 2 aromatic heterocycles. The number of hydrogen-bond donors (Lipinski definition) is 0. The van der Waals surface area contributed by atoms with E-state index in [0.717, 1.165) is 29.0 Å². The lowest BCUT2D eigenvalue weighted by Gasteiger charge is -2.05. The highest BCUT2D eigenvalue weighted by Gasteiger charge is 2.09. The molecule has 4 heteroatoms. The van der Waals surface area contributed by atoms with Crippen LogP contribution in [0.25, 0.3) is 0 Å². The molecule has 0 radical (unpaired) electrons. The summed E-state index contributed by atoms with van der Waals surface area (Å²) in [6.45, 7) is 4.51. The van der Waals surface area contributed by atoms with Gasteiger partial charge in [0.2, 0.25) is 0 Å². The molecule has 0 unspecified atom stereocenters. The fourth-order valence-corrected chi connectivity index (χ4v) is 1.67. The maximum atomic E-state index is 10.7. The van der Waals surface area contributed by atoms with Crippen LogP contribution in [0.5, 0.6) is 0 Å². The minimum absolute atomic E-state index is 0.617. The van der Waals surface area contributed by atoms with E-state index < -0.39 is 0 Å². The Morgan fingerprint density at radius 3 is 2.87 bits per heavy atom. The number of rotatable bonds is 3. The number of aldehydes is 1. The first-order valence-electron chi connectivity index (χ1n) is 4.74. The van der Waals surface area contributed by atoms with Crippen molar-refractivity contribution in [3.05, 3.63) is 41.0 Å². The van der Waals surface area contributed by atoms with Crippen LogP contribution in [0.15, 0.2) is 22.9 Å². The number of hydrogen-bond acceptors (Lipinski definition) is 3. The maximum Gasteiger partial charge on any atom is 0.156 e. The van der Waals surface area contributed by atoms with Gasteiger partial charge >= 0.3 is 0 Å². The SMILES string of the molecule is Cc1cc(C=O)c(C)n1Cc1ccno1. The zero-order valence-corrected chi connectivity index (χ0v) is 8.73. The molecule has 0 aromatic carbocycles. The molecule has 0 N–H and O–H groups in total. The van der Waals surface area contributed by atoms with Gasteiger partial charge in [0, 0.05) is 23.0 Å². The van der Waals surface area contributed by atoms with Gasteiger partial charge in [0.25, 0.3) is 0 Å². The highest BCUT2D eigenvalue weighted by molar-refractivity contribution is 5.77. The Morgan fingerprint density at radius 1 is 1.53 bits per heavy atom. The quantitative estimate of drug-likeness (QED) is 0.718. The van der Waals surface area contributed by atoms with Crippen LogP contribution in [-0.2, 0) is 6.54 Å². The van der Waals surface area contributed by atoms with Crippen LogP contribution in [-0.4, -0.2) is 16.0 Å². The maximum absolute atomic E-state index is 10.7. The Hall–Kier alpha value is -1.84. The Morgan fingerprint density at radius 2 is 2.33 bits per heavy atom. The fraction of sp³-hybridized carbons (Fsp3) is 0.273. The predicted octanol–water partition coefficient (Wildman–Crippen LogP) is 1.95. The van der Waals surface area contributed by atoms with Gasteiger partial charge in [-0.05, 0) is 19.9 Å². The van der Waals surface area contributed by atoms with Crippen molar-refractivity contribution in [1.29, 1.82) is 0 Å². The molecule has 2 heterocycles. The van der Waals surface area contributed by atoms with Gasteiger partial charge < -0.3 is 9.09 Å². The van der Waals surface area contributed by atoms with Gasteiger partial charge in [-0.3, -0.25) is 4.79 Å². The molecule has 0 atom stereocenters. The van der Waals surface area contributed by atoms with E-state index in [1.165, 1.54) is 0 Å². The Labute approximate surface area is 87.5 Å². The van der Waals surface area contributed by atoms with E-state index in [2.05, 4.69) is 5.16 Å². The minimum Gasteiger partial charge on any atom is -0.359 e. The molecule has 0 fully saturated rings. The molecule has 0 aliphatic heterocycles. The second kappa shape index (κ2) is 3.73. The fourth-order valence-electron chi connectivity index (χ4n) is 1.67. The van der Waals surface area contributed by atoms with Gasteiger partial charge in [-0.2, -0.15) is 0 Å². The first-order chi connectivity index (χ1) is 7.22. The molecule has 0 bridgehead atoms. The van der Waals surface area contributed by atoms with Crippen molar-refractivity contribution < 1.29 is 9.32 Å². The van der Waals surface area contributed by atoms with Crippen LogP contribution >= 0.6 is 0 Å². The first-order valence-corrected chi connectivity index (χ1v) is 4.74. The average molecular weight is 204 g/mol. The van der Waals surface area contributed by atoms with Crippen molar-refractivity contribution in [3.63, 3.8) is 0 Å². The second-order valence-corrected chi connectivity index (χ2v) is 3.51. The molecule has 15 heavy (non-hydrogen) atoms. The monoisotopic (exact) mass is 204 g/mol. The summed E-state index contributed by atoms with van der Waals surface area (Å²) in [4.78, 5) is 10.7. The van der Waals surface area contributed by atoms with Gasteiger partial charge in [-0.25, -0.2) is 0 Å². The topological polar surface area (TPSA) is 48.0 Å². The van der Waals surface area contributed by atoms with Crippen molar-refractivity contribution in [1.82, 2.24) is 9.72 Å². The number of aromatic nitrogens is 2. The molecule has 2 aromatic rings. The Balaban J connectivity index is 2.36. The summed E-state index contributed by atoms with van der Waals surface area (Å²) in [5, 5.41) is 3.65. The zero-order chi connectivity index (χ0) is 10.8. The van der Waals surface area contributed by atoms with Gasteiger partial charge in [0.05, 0.1) is 12.7 Å². The molecule has 0 saturated carbocycles. The minimum atomic E-state index is 0.617. The molecular weight excluding hydrogens is 192 g/mol. The lowest BCUT2D eigenvalue weighted by Crippen LogP contribution is -2.03. The van der Waals surface area contributed by atoms with Crippen LogP contribution in [0.4, 0.5) is 0 Å². The summed E-state index contributed by atoms with van der Waals surface area (Å²) < 4.78 is 7.06. The summed E-state index contributed by atoms with van der Waals surface area (Å²) in [5.41, 5.74) is 2.73. The van der Waals surface area contributed by atoms with E-state index >= 15 is 0 Å². The van der Waals surface area contributed by atoms with E-state index in [-0.39, 0.29) is 0 Å². The molecule has 78 valence electrons. The van der Waals surface area contributed by atoms with Gasteiger partial charge in [-0.1, -0.05) is 5.16 Å². The molecular formula is C11H12N2O2. The molecule has 0 spiro atoms. The second-order valence-electron chi connectivity index (χ2n) is 3.51. The largest absolute Gasteiger partial charge is 0.359 e. The third kappa shape index (κ3) is 1.70. The van der Waals surface area contributed by atoms with Crippen LogP contribution in [0.1, 0.15) is 27.5 Å². The summed E-state index contributed by atoms with van der Waals surface area (Å²) in [6, 6.07) is 3.69. The normalized spacial score (nSPS) is 10.5. The Kier molecular flexibility index (Phi) is 2.41. The summed E-state index contributed by atoms with van der Waals surface area (Å²) in [6.07, 6.45) is 2.49. The first kappa shape index (κ1) is 9.71. The molecule has 0 aliphatic carbocycles. The van der Waals surface area contributed by atoms with Crippen molar-refractivity contribution in [2.45, 2.75) is 20.4 Å². The van der Waals surface area contributed by atoms with Crippen LogP contribution in [0, 0.1) is 13.8 Å². The van der Waals surface area contributed by atoms with E-state index in [0.29, 0.717) is 6.54 Å². The smallest absolute Gasteiger partial charge is 0.156 e.